The van der Waals surface area contributed by atoms with Gasteiger partial charge in [0.1, 0.15) is 11.6 Å². The standard InChI is InChI=1S/C23H25N3O4S2/c1-16-6-7-21(17(2)13-16)32(28,29)26-11-8-18(9-12-26)23(27)30-14-19-15-31-22(25-19)20-5-3-4-10-24-20/h3-7,10,13,15,18H,8-9,11-12,14H2,1-2H3. The molecule has 0 amide bonds. The number of rotatable bonds is 6. The van der Waals surface area contributed by atoms with E-state index >= 15 is 0 Å². The van der Waals surface area contributed by atoms with Crippen molar-refractivity contribution < 1.29 is 17.9 Å². The highest BCUT2D eigenvalue weighted by molar-refractivity contribution is 7.89. The number of nitrogens with zero attached hydrogens (tertiary/aromatic N) is 3. The Morgan fingerprint density at radius 3 is 2.66 bits per heavy atom. The third kappa shape index (κ3) is 4.90. The average molecular weight is 472 g/mol. The maximum Gasteiger partial charge on any atom is 0.309 e. The number of hydrogen-bond acceptors (Lipinski definition) is 7. The first-order chi connectivity index (χ1) is 15.3. The smallest absolute Gasteiger partial charge is 0.309 e. The second-order valence-electron chi connectivity index (χ2n) is 7.91. The van der Waals surface area contributed by atoms with Crippen LogP contribution in [0.1, 0.15) is 29.7 Å². The molecule has 0 saturated carbocycles. The number of thiazole rings is 1. The van der Waals surface area contributed by atoms with Crippen molar-refractivity contribution in [1.82, 2.24) is 14.3 Å². The van der Waals surface area contributed by atoms with Gasteiger partial charge in [-0.15, -0.1) is 11.3 Å². The van der Waals surface area contributed by atoms with Crippen molar-refractivity contribution >= 4 is 27.3 Å². The van der Waals surface area contributed by atoms with E-state index in [2.05, 4.69) is 9.97 Å². The molecular formula is C23H25N3O4S2. The van der Waals surface area contributed by atoms with Gasteiger partial charge in [-0.1, -0.05) is 23.8 Å². The number of aryl methyl sites for hydroxylation is 2. The number of carbonyl (C=O) groups is 1. The van der Waals surface area contributed by atoms with Crippen LogP contribution in [0, 0.1) is 19.8 Å². The van der Waals surface area contributed by atoms with Crippen molar-refractivity contribution in [2.75, 3.05) is 13.1 Å². The molecule has 2 aromatic heterocycles. The number of pyridine rings is 1. The van der Waals surface area contributed by atoms with Crippen molar-refractivity contribution in [1.29, 1.82) is 0 Å². The zero-order valence-electron chi connectivity index (χ0n) is 18.0. The van der Waals surface area contributed by atoms with Crippen LogP contribution in [0.15, 0.2) is 52.9 Å². The summed E-state index contributed by atoms with van der Waals surface area (Å²) < 4.78 is 33.0. The van der Waals surface area contributed by atoms with E-state index in [1.165, 1.54) is 15.6 Å². The molecule has 0 spiro atoms. The van der Waals surface area contributed by atoms with Gasteiger partial charge < -0.3 is 4.74 Å². The molecule has 168 valence electrons. The third-order valence-electron chi connectivity index (χ3n) is 5.53. The minimum absolute atomic E-state index is 0.100. The number of ether oxygens (including phenoxy) is 1. The number of sulfonamides is 1. The minimum Gasteiger partial charge on any atom is -0.459 e. The summed E-state index contributed by atoms with van der Waals surface area (Å²) in [6.45, 7) is 4.45. The molecule has 0 unspecified atom stereocenters. The summed E-state index contributed by atoms with van der Waals surface area (Å²) in [6.07, 6.45) is 2.60. The summed E-state index contributed by atoms with van der Waals surface area (Å²) in [5.41, 5.74) is 3.22. The van der Waals surface area contributed by atoms with Crippen molar-refractivity contribution in [3.63, 3.8) is 0 Å². The van der Waals surface area contributed by atoms with Crippen molar-refractivity contribution in [3.05, 3.63) is 64.8 Å². The van der Waals surface area contributed by atoms with Gasteiger partial charge in [-0.05, 0) is 50.5 Å². The SMILES string of the molecule is Cc1ccc(S(=O)(=O)N2CCC(C(=O)OCc3csc(-c4ccccn4)n3)CC2)c(C)c1. The fraction of sp³-hybridized carbons (Fsp3) is 0.348. The number of benzene rings is 1. The van der Waals surface area contributed by atoms with E-state index in [-0.39, 0.29) is 18.5 Å². The van der Waals surface area contributed by atoms with Crippen LogP contribution in [-0.2, 0) is 26.2 Å². The quantitative estimate of drug-likeness (QED) is 0.506. The highest BCUT2D eigenvalue weighted by atomic mass is 32.2. The molecule has 7 nitrogen and oxygen atoms in total. The van der Waals surface area contributed by atoms with Gasteiger partial charge in [0.15, 0.2) is 0 Å². The molecule has 1 aliphatic rings. The molecule has 1 fully saturated rings. The molecular weight excluding hydrogens is 446 g/mol. The molecule has 0 N–H and O–H groups in total. The summed E-state index contributed by atoms with van der Waals surface area (Å²) in [4.78, 5) is 21.6. The van der Waals surface area contributed by atoms with Gasteiger partial charge in [0, 0.05) is 24.7 Å². The minimum atomic E-state index is -3.57. The van der Waals surface area contributed by atoms with Crippen LogP contribution in [-0.4, -0.2) is 41.7 Å². The van der Waals surface area contributed by atoms with Crippen LogP contribution in [0.5, 0.6) is 0 Å². The second kappa shape index (κ2) is 9.48. The molecule has 0 bridgehead atoms. The first-order valence-corrected chi connectivity index (χ1v) is 12.8. The second-order valence-corrected chi connectivity index (χ2v) is 10.7. The largest absolute Gasteiger partial charge is 0.459 e. The number of hydrogen-bond donors (Lipinski definition) is 0. The van der Waals surface area contributed by atoms with Gasteiger partial charge in [-0.2, -0.15) is 4.31 Å². The van der Waals surface area contributed by atoms with Crippen LogP contribution >= 0.6 is 11.3 Å². The molecule has 9 heteroatoms. The lowest BCUT2D eigenvalue weighted by atomic mass is 9.98. The highest BCUT2D eigenvalue weighted by Gasteiger charge is 2.33. The predicted molar refractivity (Wildman–Crippen MR) is 123 cm³/mol. The predicted octanol–water partition coefficient (Wildman–Crippen LogP) is 3.97. The highest BCUT2D eigenvalue weighted by Crippen LogP contribution is 2.27. The summed E-state index contributed by atoms with van der Waals surface area (Å²) in [5, 5.41) is 2.64. The molecule has 0 radical (unpaired) electrons. The Labute approximate surface area is 192 Å². The number of carbonyl (C=O) groups excluding carboxylic acids is 1. The Kier molecular flexibility index (Phi) is 6.68. The van der Waals surface area contributed by atoms with Crippen LogP contribution in [0.4, 0.5) is 0 Å². The van der Waals surface area contributed by atoms with Crippen molar-refractivity contribution in [3.8, 4) is 10.7 Å². The fourth-order valence-electron chi connectivity index (χ4n) is 3.80. The van der Waals surface area contributed by atoms with Crippen molar-refractivity contribution in [2.24, 2.45) is 5.92 Å². The Hall–Kier alpha value is -2.62. The van der Waals surface area contributed by atoms with E-state index in [0.29, 0.717) is 36.5 Å². The van der Waals surface area contributed by atoms with Crippen molar-refractivity contribution in [2.45, 2.75) is 38.2 Å². The summed E-state index contributed by atoms with van der Waals surface area (Å²) in [7, 11) is -3.57. The Morgan fingerprint density at radius 2 is 1.97 bits per heavy atom. The zero-order chi connectivity index (χ0) is 22.7. The van der Waals surface area contributed by atoms with Crippen LogP contribution < -0.4 is 0 Å². The Morgan fingerprint density at radius 1 is 1.19 bits per heavy atom. The molecule has 4 rings (SSSR count). The van der Waals surface area contributed by atoms with Gasteiger partial charge >= 0.3 is 5.97 Å². The maximum absolute atomic E-state index is 13.0. The first-order valence-electron chi connectivity index (χ1n) is 10.4. The lowest BCUT2D eigenvalue weighted by Gasteiger charge is -2.30. The van der Waals surface area contributed by atoms with Gasteiger partial charge in [-0.3, -0.25) is 9.78 Å². The maximum atomic E-state index is 13.0. The molecule has 1 saturated heterocycles. The van der Waals surface area contributed by atoms with E-state index in [9.17, 15) is 13.2 Å². The number of esters is 1. The molecule has 0 atom stereocenters. The van der Waals surface area contributed by atoms with E-state index < -0.39 is 10.0 Å². The van der Waals surface area contributed by atoms with E-state index in [1.54, 1.807) is 12.3 Å². The zero-order valence-corrected chi connectivity index (χ0v) is 19.7. The van der Waals surface area contributed by atoms with Crippen LogP contribution in [0.25, 0.3) is 10.7 Å². The Balaban J connectivity index is 1.31. The molecule has 3 heterocycles. The number of piperidine rings is 1. The third-order valence-corrected chi connectivity index (χ3v) is 8.51. The van der Waals surface area contributed by atoms with Gasteiger partial charge in [0.25, 0.3) is 0 Å². The van der Waals surface area contributed by atoms with E-state index in [4.69, 9.17) is 4.74 Å². The van der Waals surface area contributed by atoms with E-state index in [0.717, 1.165) is 21.8 Å². The molecule has 1 aromatic carbocycles. The van der Waals surface area contributed by atoms with Crippen LogP contribution in [0.2, 0.25) is 0 Å². The topological polar surface area (TPSA) is 89.5 Å². The lowest BCUT2D eigenvalue weighted by molar-refractivity contribution is -0.151. The summed E-state index contributed by atoms with van der Waals surface area (Å²) >= 11 is 1.45. The molecule has 1 aliphatic heterocycles. The number of aromatic nitrogens is 2. The fourth-order valence-corrected chi connectivity index (χ4v) is 6.26. The lowest BCUT2D eigenvalue weighted by Crippen LogP contribution is -2.40. The molecule has 32 heavy (non-hydrogen) atoms. The Bertz CT molecular complexity index is 1200. The first kappa shape index (κ1) is 22.6. The normalized spacial score (nSPS) is 15.6. The summed E-state index contributed by atoms with van der Waals surface area (Å²) in [6, 6.07) is 11.0. The van der Waals surface area contributed by atoms with E-state index in [1.807, 2.05) is 49.6 Å². The molecule has 0 aliphatic carbocycles. The van der Waals surface area contributed by atoms with Gasteiger partial charge in [-0.25, -0.2) is 13.4 Å². The average Bonchev–Trinajstić information content (AvgIpc) is 3.27. The monoisotopic (exact) mass is 471 g/mol. The van der Waals surface area contributed by atoms with Crippen LogP contribution in [0.3, 0.4) is 0 Å². The van der Waals surface area contributed by atoms with Gasteiger partial charge in [0.2, 0.25) is 10.0 Å². The molecule has 3 aromatic rings. The van der Waals surface area contributed by atoms with Gasteiger partial charge in [0.05, 0.1) is 22.2 Å². The summed E-state index contributed by atoms with van der Waals surface area (Å²) in [5.74, 6) is -0.615.